The fourth-order valence-electron chi connectivity index (χ4n) is 5.36. The Labute approximate surface area is 320 Å². The first-order valence-electron chi connectivity index (χ1n) is 20.7. The van der Waals surface area contributed by atoms with Crippen molar-refractivity contribution in [1.82, 2.24) is 5.32 Å². The Morgan fingerprint density at radius 1 is 0.673 bits per heavy atom. The summed E-state index contributed by atoms with van der Waals surface area (Å²) in [5, 5.41) is 13.6. The van der Waals surface area contributed by atoms with Crippen LogP contribution < -0.4 is 10.2 Å². The number of phosphoric ester groups is 1. The van der Waals surface area contributed by atoms with Gasteiger partial charge in [-0.1, -0.05) is 145 Å². The van der Waals surface area contributed by atoms with Crippen molar-refractivity contribution in [3.05, 3.63) is 60.8 Å². The molecule has 8 nitrogen and oxygen atoms in total. The highest BCUT2D eigenvalue weighted by atomic mass is 31.2. The molecule has 0 aromatic carbocycles. The van der Waals surface area contributed by atoms with Crippen LogP contribution in [-0.4, -0.2) is 68.5 Å². The van der Waals surface area contributed by atoms with Crippen LogP contribution in [0, 0.1) is 0 Å². The summed E-state index contributed by atoms with van der Waals surface area (Å²) in [6.07, 6.45) is 44.4. The molecule has 0 aliphatic rings. The SMILES string of the molecule is CCC/C=C/CC/C=C/C(O)C(COP(=O)([O-])OCC[N+](C)(C)C)NC(=O)CCCCCCCCCC/C=C\C/C=C\C/C=C\CCCCCCC. The minimum absolute atomic E-state index is 0.0113. The van der Waals surface area contributed by atoms with Gasteiger partial charge in [-0.3, -0.25) is 9.36 Å². The molecule has 0 bridgehead atoms. The van der Waals surface area contributed by atoms with Crippen molar-refractivity contribution in [2.45, 2.75) is 167 Å². The van der Waals surface area contributed by atoms with E-state index in [-0.39, 0.29) is 12.5 Å². The number of hydrogen-bond acceptors (Lipinski definition) is 6. The number of amides is 1. The second-order valence-corrected chi connectivity index (χ2v) is 16.4. The average Bonchev–Trinajstić information content (AvgIpc) is 3.09. The number of aliphatic hydroxyl groups is 1. The molecule has 52 heavy (non-hydrogen) atoms. The van der Waals surface area contributed by atoms with Gasteiger partial charge in [0.25, 0.3) is 7.82 Å². The van der Waals surface area contributed by atoms with E-state index in [4.69, 9.17) is 9.05 Å². The minimum Gasteiger partial charge on any atom is -0.756 e. The molecule has 0 aliphatic carbocycles. The highest BCUT2D eigenvalue weighted by Crippen LogP contribution is 2.38. The van der Waals surface area contributed by atoms with E-state index in [1.165, 1.54) is 64.2 Å². The highest BCUT2D eigenvalue weighted by Gasteiger charge is 2.23. The monoisotopic (exact) mass is 751 g/mol. The van der Waals surface area contributed by atoms with Gasteiger partial charge in [-0.2, -0.15) is 0 Å². The van der Waals surface area contributed by atoms with Crippen LogP contribution in [0.2, 0.25) is 0 Å². The normalized spacial score (nSPS) is 15.1. The number of nitrogens with one attached hydrogen (secondary N) is 1. The summed E-state index contributed by atoms with van der Waals surface area (Å²) >= 11 is 0. The van der Waals surface area contributed by atoms with Crippen molar-refractivity contribution in [2.75, 3.05) is 40.9 Å². The molecule has 9 heteroatoms. The smallest absolute Gasteiger partial charge is 0.268 e. The zero-order chi connectivity index (χ0) is 38.6. The number of carbonyl (C=O) groups excluding carboxylic acids is 1. The van der Waals surface area contributed by atoms with Gasteiger partial charge in [0, 0.05) is 6.42 Å². The molecule has 0 aromatic rings. The maximum Gasteiger partial charge on any atom is 0.268 e. The molecule has 0 spiro atoms. The summed E-state index contributed by atoms with van der Waals surface area (Å²) in [6, 6.07) is -0.906. The Morgan fingerprint density at radius 2 is 1.17 bits per heavy atom. The maximum atomic E-state index is 12.8. The van der Waals surface area contributed by atoms with Crippen LogP contribution in [-0.2, 0) is 18.4 Å². The van der Waals surface area contributed by atoms with Crippen LogP contribution in [0.3, 0.4) is 0 Å². The van der Waals surface area contributed by atoms with Crippen LogP contribution in [0.15, 0.2) is 60.8 Å². The molecule has 0 radical (unpaired) electrons. The van der Waals surface area contributed by atoms with Crippen molar-refractivity contribution in [1.29, 1.82) is 0 Å². The number of carbonyl (C=O) groups is 1. The summed E-state index contributed by atoms with van der Waals surface area (Å²) < 4.78 is 23.0. The number of aliphatic hydroxyl groups excluding tert-OH is 1. The van der Waals surface area contributed by atoms with Crippen LogP contribution in [0.25, 0.3) is 0 Å². The van der Waals surface area contributed by atoms with Crippen molar-refractivity contribution in [3.63, 3.8) is 0 Å². The van der Waals surface area contributed by atoms with Gasteiger partial charge in [0.05, 0.1) is 39.9 Å². The van der Waals surface area contributed by atoms with E-state index in [2.05, 4.69) is 67.8 Å². The molecule has 302 valence electrons. The van der Waals surface area contributed by atoms with Gasteiger partial charge in [-0.25, -0.2) is 0 Å². The van der Waals surface area contributed by atoms with Crippen LogP contribution in [0.1, 0.15) is 155 Å². The van der Waals surface area contributed by atoms with Crippen LogP contribution in [0.4, 0.5) is 0 Å². The third-order valence-corrected chi connectivity index (χ3v) is 9.65. The number of rotatable bonds is 36. The van der Waals surface area contributed by atoms with Crippen molar-refractivity contribution >= 4 is 13.7 Å². The molecule has 0 saturated heterocycles. The first-order chi connectivity index (χ1) is 25.0. The summed E-state index contributed by atoms with van der Waals surface area (Å²) in [5.41, 5.74) is 0. The number of allylic oxidation sites excluding steroid dienone is 9. The van der Waals surface area contributed by atoms with Gasteiger partial charge in [-0.05, 0) is 64.2 Å². The molecule has 0 aliphatic heterocycles. The first-order valence-corrected chi connectivity index (χ1v) is 22.1. The van der Waals surface area contributed by atoms with E-state index < -0.39 is 26.6 Å². The summed E-state index contributed by atoms with van der Waals surface area (Å²) in [6.45, 7) is 4.47. The molecule has 0 heterocycles. The quantitative estimate of drug-likeness (QED) is 0.0286. The number of likely N-dealkylation sites (N-methyl/N-ethyl adjacent to an activating group) is 1. The number of quaternary nitrogens is 1. The van der Waals surface area contributed by atoms with Gasteiger partial charge in [0.2, 0.25) is 5.91 Å². The van der Waals surface area contributed by atoms with Crippen molar-refractivity contribution in [3.8, 4) is 0 Å². The third kappa shape index (κ3) is 36.6. The molecule has 0 aromatic heterocycles. The number of nitrogens with zero attached hydrogens (tertiary/aromatic N) is 1. The van der Waals surface area contributed by atoms with Crippen LogP contribution in [0.5, 0.6) is 0 Å². The summed E-state index contributed by atoms with van der Waals surface area (Å²) in [7, 11) is 1.22. The lowest BCUT2D eigenvalue weighted by atomic mass is 10.1. The fourth-order valence-corrected chi connectivity index (χ4v) is 6.08. The molecule has 3 unspecified atom stereocenters. The largest absolute Gasteiger partial charge is 0.756 e. The lowest BCUT2D eigenvalue weighted by Gasteiger charge is -2.29. The molecule has 0 fully saturated rings. The fraction of sp³-hybridized carbons (Fsp3) is 0.744. The molecule has 1 amide bonds. The van der Waals surface area contributed by atoms with Gasteiger partial charge in [0.1, 0.15) is 13.2 Å². The molecule has 3 atom stereocenters. The van der Waals surface area contributed by atoms with Crippen molar-refractivity contribution < 1.29 is 32.9 Å². The summed E-state index contributed by atoms with van der Waals surface area (Å²) in [5.74, 6) is -0.223. The Kier molecular flexibility index (Phi) is 33.7. The predicted molar refractivity (Wildman–Crippen MR) is 219 cm³/mol. The molecule has 0 rings (SSSR count). The van der Waals surface area contributed by atoms with Gasteiger partial charge in [0.15, 0.2) is 0 Å². The molecular formula is C43H79N2O6P. The molecular weight excluding hydrogens is 671 g/mol. The van der Waals surface area contributed by atoms with E-state index in [0.29, 0.717) is 17.4 Å². The van der Waals surface area contributed by atoms with E-state index in [1.54, 1.807) is 6.08 Å². The van der Waals surface area contributed by atoms with Crippen molar-refractivity contribution in [2.24, 2.45) is 0 Å². The average molecular weight is 751 g/mol. The lowest BCUT2D eigenvalue weighted by molar-refractivity contribution is -0.870. The van der Waals surface area contributed by atoms with E-state index in [9.17, 15) is 19.4 Å². The summed E-state index contributed by atoms with van der Waals surface area (Å²) in [4.78, 5) is 25.1. The maximum absolute atomic E-state index is 12.8. The molecule has 2 N–H and O–H groups in total. The third-order valence-electron chi connectivity index (χ3n) is 8.68. The van der Waals surface area contributed by atoms with E-state index >= 15 is 0 Å². The highest BCUT2D eigenvalue weighted by molar-refractivity contribution is 7.45. The van der Waals surface area contributed by atoms with Gasteiger partial charge >= 0.3 is 0 Å². The lowest BCUT2D eigenvalue weighted by Crippen LogP contribution is -2.45. The second kappa shape index (κ2) is 34.9. The van der Waals surface area contributed by atoms with Gasteiger partial charge < -0.3 is 28.8 Å². The topological polar surface area (TPSA) is 108 Å². The number of phosphoric acid groups is 1. The number of hydrogen-bond donors (Lipinski definition) is 2. The Bertz CT molecular complexity index is 1030. The second-order valence-electron chi connectivity index (χ2n) is 15.0. The van der Waals surface area contributed by atoms with Gasteiger partial charge in [-0.15, -0.1) is 0 Å². The Balaban J connectivity index is 4.25. The standard InChI is InChI=1S/C43H79N2O6P/c1-6-8-10-12-14-15-16-17-18-19-20-21-22-23-24-25-26-27-28-29-31-33-35-37-43(47)44-41(42(46)36-34-32-30-13-11-9-7-2)40-51-52(48,49)50-39-38-45(3,4)5/h11,13,16-17,19-20,22-23,34,36,41-42,46H,6-10,12,14-15,18,21,24-33,35,37-40H2,1-5H3,(H-,44,47,48,49)/b13-11+,17-16-,20-19-,23-22-,36-34+. The minimum atomic E-state index is -4.59. The van der Waals surface area contributed by atoms with Crippen LogP contribution >= 0.6 is 7.82 Å². The predicted octanol–water partition coefficient (Wildman–Crippen LogP) is 10.4. The zero-order valence-electron chi connectivity index (χ0n) is 34.0. The number of unbranched alkanes of at least 4 members (excludes halogenated alkanes) is 15. The molecule has 0 saturated carbocycles. The Morgan fingerprint density at radius 3 is 1.75 bits per heavy atom. The zero-order valence-corrected chi connectivity index (χ0v) is 34.9. The van der Waals surface area contributed by atoms with E-state index in [0.717, 1.165) is 70.6 Å². The first kappa shape index (κ1) is 50.2. The van der Waals surface area contributed by atoms with E-state index in [1.807, 2.05) is 27.2 Å². The Hall–Kier alpha value is -1.80.